The summed E-state index contributed by atoms with van der Waals surface area (Å²) in [6.45, 7) is 12.6. The summed E-state index contributed by atoms with van der Waals surface area (Å²) in [4.78, 5) is 0. The molecule has 0 aliphatic rings. The quantitative estimate of drug-likeness (QED) is 0.725. The minimum Gasteiger partial charge on any atom is -0.490 e. The van der Waals surface area contributed by atoms with Crippen molar-refractivity contribution in [3.63, 3.8) is 0 Å². The smallest absolute Gasteiger partial charge is 0.119 e. The Morgan fingerprint density at radius 2 is 1.73 bits per heavy atom. The first kappa shape index (κ1) is 12.1. The van der Waals surface area contributed by atoms with Gasteiger partial charge in [-0.25, -0.2) is 0 Å². The van der Waals surface area contributed by atoms with Gasteiger partial charge < -0.3 is 4.74 Å². The van der Waals surface area contributed by atoms with Crippen molar-refractivity contribution in [2.24, 2.45) is 0 Å². The first-order valence-electron chi connectivity index (χ1n) is 5.53. The van der Waals surface area contributed by atoms with Crippen molar-refractivity contribution in [1.82, 2.24) is 0 Å². The average Bonchev–Trinajstić information content (AvgIpc) is 2.17. The topological polar surface area (TPSA) is 9.23 Å². The van der Waals surface area contributed by atoms with Gasteiger partial charge in [0.2, 0.25) is 0 Å². The van der Waals surface area contributed by atoms with E-state index in [-0.39, 0.29) is 11.5 Å². The van der Waals surface area contributed by atoms with Crippen molar-refractivity contribution < 1.29 is 4.74 Å². The molecule has 1 rings (SSSR count). The lowest BCUT2D eigenvalue weighted by molar-refractivity contribution is 0.242. The van der Waals surface area contributed by atoms with E-state index in [1.54, 1.807) is 0 Å². The van der Waals surface area contributed by atoms with Gasteiger partial charge in [-0.15, -0.1) is 0 Å². The number of rotatable bonds is 3. The molecule has 83 valence electrons. The van der Waals surface area contributed by atoms with E-state index in [1.807, 2.05) is 12.1 Å². The Labute approximate surface area is 93.5 Å². The Kier molecular flexibility index (Phi) is 3.78. The minimum atomic E-state index is 0.0467. The van der Waals surface area contributed by atoms with Crippen LogP contribution >= 0.6 is 0 Å². The van der Waals surface area contributed by atoms with Crippen molar-refractivity contribution in [1.29, 1.82) is 0 Å². The fourth-order valence-corrected chi connectivity index (χ4v) is 1.31. The molecule has 0 aliphatic heterocycles. The maximum atomic E-state index is 5.62. The first-order chi connectivity index (χ1) is 6.93. The van der Waals surface area contributed by atoms with Gasteiger partial charge in [0.1, 0.15) is 5.75 Å². The van der Waals surface area contributed by atoms with Crippen LogP contribution in [-0.2, 0) is 5.41 Å². The van der Waals surface area contributed by atoms with Gasteiger partial charge in [0.15, 0.2) is 0 Å². The zero-order chi connectivity index (χ0) is 11.5. The normalized spacial score (nSPS) is 13.7. The van der Waals surface area contributed by atoms with Crippen molar-refractivity contribution in [2.45, 2.75) is 45.6 Å². The molecule has 1 aromatic carbocycles. The lowest BCUT2D eigenvalue weighted by atomic mass is 9.87. The Morgan fingerprint density at radius 3 is 2.13 bits per heavy atom. The highest BCUT2D eigenvalue weighted by Crippen LogP contribution is 2.24. The Balaban J connectivity index is 2.73. The van der Waals surface area contributed by atoms with Crippen LogP contribution in [0, 0.1) is 6.92 Å². The second-order valence-corrected chi connectivity index (χ2v) is 4.92. The molecule has 0 heterocycles. The first-order valence-corrected chi connectivity index (χ1v) is 5.53. The molecule has 1 heteroatoms. The van der Waals surface area contributed by atoms with Crippen LogP contribution in [0.3, 0.4) is 0 Å². The molecule has 0 amide bonds. The molecule has 15 heavy (non-hydrogen) atoms. The SMILES string of the molecule is [CH2]C(CC)Oc1ccc(C(C)(C)C)cc1. The molecule has 0 saturated carbocycles. The molecular formula is C14H21O. The summed E-state index contributed by atoms with van der Waals surface area (Å²) >= 11 is 0. The van der Waals surface area contributed by atoms with Crippen LogP contribution < -0.4 is 4.74 Å². The van der Waals surface area contributed by atoms with E-state index in [2.05, 4.69) is 46.8 Å². The minimum absolute atomic E-state index is 0.0467. The van der Waals surface area contributed by atoms with E-state index in [9.17, 15) is 0 Å². The van der Waals surface area contributed by atoms with Gasteiger partial charge in [0.25, 0.3) is 0 Å². The monoisotopic (exact) mass is 205 g/mol. The number of ether oxygens (including phenoxy) is 1. The van der Waals surface area contributed by atoms with E-state index in [0.717, 1.165) is 12.2 Å². The van der Waals surface area contributed by atoms with Crippen LogP contribution in [0.5, 0.6) is 5.75 Å². The third-order valence-electron chi connectivity index (χ3n) is 2.48. The van der Waals surface area contributed by atoms with Crippen LogP contribution in [0.4, 0.5) is 0 Å². The molecule has 0 fully saturated rings. The number of benzene rings is 1. The maximum Gasteiger partial charge on any atom is 0.119 e. The van der Waals surface area contributed by atoms with Crippen LogP contribution in [-0.4, -0.2) is 6.10 Å². The van der Waals surface area contributed by atoms with Gasteiger partial charge in [0, 0.05) is 0 Å². The van der Waals surface area contributed by atoms with Gasteiger partial charge >= 0.3 is 0 Å². The Bertz CT molecular complexity index is 292. The third-order valence-corrected chi connectivity index (χ3v) is 2.48. The predicted octanol–water partition coefficient (Wildman–Crippen LogP) is 3.98. The molecule has 0 spiro atoms. The van der Waals surface area contributed by atoms with Crippen LogP contribution in [0.2, 0.25) is 0 Å². The van der Waals surface area contributed by atoms with Crippen molar-refractivity contribution in [2.75, 3.05) is 0 Å². The summed E-state index contributed by atoms with van der Waals surface area (Å²) in [6, 6.07) is 8.29. The fourth-order valence-electron chi connectivity index (χ4n) is 1.31. The van der Waals surface area contributed by atoms with E-state index >= 15 is 0 Å². The second-order valence-electron chi connectivity index (χ2n) is 4.92. The van der Waals surface area contributed by atoms with Gasteiger partial charge in [0.05, 0.1) is 6.10 Å². The summed E-state index contributed by atoms with van der Waals surface area (Å²) in [5.74, 6) is 0.907. The van der Waals surface area contributed by atoms with Gasteiger partial charge in [-0.2, -0.15) is 0 Å². The molecular weight excluding hydrogens is 184 g/mol. The van der Waals surface area contributed by atoms with Crippen molar-refractivity contribution in [3.8, 4) is 5.75 Å². The molecule has 1 nitrogen and oxygen atoms in total. The van der Waals surface area contributed by atoms with Gasteiger partial charge in [-0.1, -0.05) is 39.8 Å². The van der Waals surface area contributed by atoms with Crippen LogP contribution in [0.25, 0.3) is 0 Å². The predicted molar refractivity (Wildman–Crippen MR) is 65.2 cm³/mol. The molecule has 1 radical (unpaired) electrons. The summed E-state index contributed by atoms with van der Waals surface area (Å²) < 4.78 is 5.62. The van der Waals surface area contributed by atoms with E-state index in [0.29, 0.717) is 0 Å². The summed E-state index contributed by atoms with van der Waals surface area (Å²) in [7, 11) is 0. The third kappa shape index (κ3) is 3.58. The fraction of sp³-hybridized carbons (Fsp3) is 0.500. The maximum absolute atomic E-state index is 5.62. The van der Waals surface area contributed by atoms with Crippen molar-refractivity contribution in [3.05, 3.63) is 36.8 Å². The largest absolute Gasteiger partial charge is 0.490 e. The van der Waals surface area contributed by atoms with Crippen LogP contribution in [0.1, 0.15) is 39.7 Å². The lowest BCUT2D eigenvalue weighted by Gasteiger charge is -2.20. The molecule has 0 saturated heterocycles. The number of hydrogen-bond acceptors (Lipinski definition) is 1. The molecule has 1 unspecified atom stereocenters. The standard InChI is InChI=1S/C14H21O/c1-6-11(2)15-13-9-7-12(8-10-13)14(3,4)5/h7-11H,2,6H2,1,3-5H3. The number of hydrogen-bond donors (Lipinski definition) is 0. The zero-order valence-electron chi connectivity index (χ0n) is 10.2. The summed E-state index contributed by atoms with van der Waals surface area (Å²) in [5, 5.41) is 0. The van der Waals surface area contributed by atoms with E-state index in [4.69, 9.17) is 4.74 Å². The molecule has 0 N–H and O–H groups in total. The average molecular weight is 205 g/mol. The van der Waals surface area contributed by atoms with Crippen LogP contribution in [0.15, 0.2) is 24.3 Å². The molecule has 0 bridgehead atoms. The highest BCUT2D eigenvalue weighted by Gasteiger charge is 2.13. The highest BCUT2D eigenvalue weighted by molar-refractivity contribution is 5.31. The molecule has 1 atom stereocenters. The van der Waals surface area contributed by atoms with E-state index < -0.39 is 0 Å². The Morgan fingerprint density at radius 1 is 1.20 bits per heavy atom. The molecule has 1 aromatic rings. The molecule has 0 aliphatic carbocycles. The summed E-state index contributed by atoms with van der Waals surface area (Å²) in [5.41, 5.74) is 1.53. The van der Waals surface area contributed by atoms with Gasteiger partial charge in [-0.3, -0.25) is 0 Å². The second kappa shape index (κ2) is 4.69. The Hall–Kier alpha value is -0.980. The van der Waals surface area contributed by atoms with E-state index in [1.165, 1.54) is 5.56 Å². The lowest BCUT2D eigenvalue weighted by Crippen LogP contribution is -2.12. The highest BCUT2D eigenvalue weighted by atomic mass is 16.5. The van der Waals surface area contributed by atoms with Crippen molar-refractivity contribution >= 4 is 0 Å². The zero-order valence-corrected chi connectivity index (χ0v) is 10.2. The molecule has 0 aromatic heterocycles. The van der Waals surface area contributed by atoms with Gasteiger partial charge in [-0.05, 0) is 36.5 Å². The summed E-state index contributed by atoms with van der Waals surface area (Å²) in [6.07, 6.45) is 0.978.